The van der Waals surface area contributed by atoms with Gasteiger partial charge in [-0.2, -0.15) is 0 Å². The van der Waals surface area contributed by atoms with E-state index >= 15 is 0 Å². The summed E-state index contributed by atoms with van der Waals surface area (Å²) in [6.45, 7) is 21.2. The molecule has 2 nitrogen and oxygen atoms in total. The smallest absolute Gasteiger partial charge is 0.192 e. The van der Waals surface area contributed by atoms with Crippen molar-refractivity contribution in [3.05, 3.63) is 12.2 Å². The summed E-state index contributed by atoms with van der Waals surface area (Å²) in [6, 6.07) is 0.457. The van der Waals surface area contributed by atoms with E-state index in [1.54, 1.807) is 0 Å². The average Bonchev–Trinajstić information content (AvgIpc) is 2.56. The van der Waals surface area contributed by atoms with Gasteiger partial charge in [-0.25, -0.2) is 0 Å². The first-order chi connectivity index (χ1) is 8.19. The van der Waals surface area contributed by atoms with Gasteiger partial charge in [0, 0.05) is 6.54 Å². The van der Waals surface area contributed by atoms with E-state index in [-0.39, 0.29) is 0 Å². The van der Waals surface area contributed by atoms with Gasteiger partial charge in [0.15, 0.2) is 8.32 Å². The molecule has 1 rings (SSSR count). The fourth-order valence-corrected chi connectivity index (χ4v) is 3.16. The summed E-state index contributed by atoms with van der Waals surface area (Å²) < 4.78 is 6.36. The van der Waals surface area contributed by atoms with Crippen LogP contribution in [-0.4, -0.2) is 39.0 Å². The van der Waals surface area contributed by atoms with Crippen LogP contribution in [0, 0.1) is 0 Å². The van der Waals surface area contributed by atoms with E-state index in [4.69, 9.17) is 4.43 Å². The number of likely N-dealkylation sites (tertiary alicyclic amines) is 1. The van der Waals surface area contributed by atoms with Crippen LogP contribution in [0.15, 0.2) is 12.2 Å². The van der Waals surface area contributed by atoms with E-state index in [2.05, 4.69) is 52.3 Å². The van der Waals surface area contributed by atoms with E-state index in [0.29, 0.717) is 11.1 Å². The SMILES string of the molecule is C=C1CCN(CCC)C1CO[Si](C)(C)C(C)(C)C. The molecule has 0 amide bonds. The monoisotopic (exact) mass is 269 g/mol. The molecule has 1 unspecified atom stereocenters. The van der Waals surface area contributed by atoms with E-state index < -0.39 is 8.32 Å². The van der Waals surface area contributed by atoms with Crippen LogP contribution in [0.3, 0.4) is 0 Å². The highest BCUT2D eigenvalue weighted by atomic mass is 28.4. The topological polar surface area (TPSA) is 12.5 Å². The lowest BCUT2D eigenvalue weighted by Crippen LogP contribution is -2.45. The fraction of sp³-hybridized carbons (Fsp3) is 0.867. The Bertz CT molecular complexity index is 293. The van der Waals surface area contributed by atoms with Gasteiger partial charge in [0.05, 0.1) is 12.6 Å². The zero-order valence-corrected chi connectivity index (χ0v) is 14.2. The highest BCUT2D eigenvalue weighted by molar-refractivity contribution is 6.74. The molecule has 18 heavy (non-hydrogen) atoms. The van der Waals surface area contributed by atoms with Crippen molar-refractivity contribution in [2.24, 2.45) is 0 Å². The van der Waals surface area contributed by atoms with Crippen molar-refractivity contribution in [2.75, 3.05) is 19.7 Å². The molecule has 106 valence electrons. The first-order valence-electron chi connectivity index (χ1n) is 7.24. The summed E-state index contributed by atoms with van der Waals surface area (Å²) in [6.07, 6.45) is 2.36. The molecular weight excluding hydrogens is 238 g/mol. The molecule has 3 heteroatoms. The zero-order chi connectivity index (χ0) is 14.0. The molecule has 0 radical (unpaired) electrons. The van der Waals surface area contributed by atoms with E-state index in [0.717, 1.165) is 19.6 Å². The Hall–Kier alpha value is -0.123. The van der Waals surface area contributed by atoms with E-state index in [9.17, 15) is 0 Å². The molecule has 1 saturated heterocycles. The Morgan fingerprint density at radius 2 is 2.00 bits per heavy atom. The lowest BCUT2D eigenvalue weighted by molar-refractivity contribution is 0.177. The molecule has 0 aromatic heterocycles. The van der Waals surface area contributed by atoms with Gasteiger partial charge in [-0.05, 0) is 37.5 Å². The molecule has 0 N–H and O–H groups in total. The predicted molar refractivity (Wildman–Crippen MR) is 82.6 cm³/mol. The van der Waals surface area contributed by atoms with Crippen LogP contribution < -0.4 is 0 Å². The second-order valence-electron chi connectivity index (χ2n) is 7.03. The van der Waals surface area contributed by atoms with Crippen molar-refractivity contribution >= 4 is 8.32 Å². The Balaban J connectivity index is 2.58. The van der Waals surface area contributed by atoms with Gasteiger partial charge in [-0.15, -0.1) is 0 Å². The number of hydrogen-bond acceptors (Lipinski definition) is 2. The molecule has 0 bridgehead atoms. The molecule has 1 fully saturated rings. The Morgan fingerprint density at radius 3 is 2.50 bits per heavy atom. The third-order valence-corrected chi connectivity index (χ3v) is 9.05. The summed E-state index contributed by atoms with van der Waals surface area (Å²) >= 11 is 0. The van der Waals surface area contributed by atoms with Crippen LogP contribution in [-0.2, 0) is 4.43 Å². The van der Waals surface area contributed by atoms with Gasteiger partial charge in [-0.1, -0.05) is 39.8 Å². The van der Waals surface area contributed by atoms with Crippen molar-refractivity contribution in [3.63, 3.8) is 0 Å². The molecular formula is C15H31NOSi. The second-order valence-corrected chi connectivity index (χ2v) is 11.8. The van der Waals surface area contributed by atoms with Gasteiger partial charge in [-0.3, -0.25) is 4.90 Å². The van der Waals surface area contributed by atoms with E-state index in [1.807, 2.05) is 0 Å². The van der Waals surface area contributed by atoms with Gasteiger partial charge in [0.25, 0.3) is 0 Å². The molecule has 0 aromatic rings. The van der Waals surface area contributed by atoms with Gasteiger partial charge in [0.2, 0.25) is 0 Å². The normalized spacial score (nSPS) is 22.8. The maximum atomic E-state index is 6.36. The average molecular weight is 270 g/mol. The Morgan fingerprint density at radius 1 is 1.39 bits per heavy atom. The van der Waals surface area contributed by atoms with Crippen molar-refractivity contribution in [2.45, 2.75) is 64.7 Å². The van der Waals surface area contributed by atoms with Crippen LogP contribution in [0.4, 0.5) is 0 Å². The fourth-order valence-electron chi connectivity index (χ4n) is 2.15. The maximum Gasteiger partial charge on any atom is 0.192 e. The number of nitrogens with zero attached hydrogens (tertiary/aromatic N) is 1. The summed E-state index contributed by atoms with van der Waals surface area (Å²) in [5, 5.41) is 0.294. The largest absolute Gasteiger partial charge is 0.415 e. The molecule has 0 aromatic carbocycles. The Kier molecular flexibility index (Phi) is 5.21. The first kappa shape index (κ1) is 15.9. The van der Waals surface area contributed by atoms with Crippen LogP contribution in [0.1, 0.15) is 40.5 Å². The minimum Gasteiger partial charge on any atom is -0.415 e. The van der Waals surface area contributed by atoms with E-state index in [1.165, 1.54) is 18.5 Å². The van der Waals surface area contributed by atoms with Crippen LogP contribution in [0.5, 0.6) is 0 Å². The predicted octanol–water partition coefficient (Wildman–Crippen LogP) is 4.05. The molecule has 1 atom stereocenters. The standard InChI is InChI=1S/C15H31NOSi/c1-8-10-16-11-9-13(2)14(16)12-17-18(6,7)15(3,4)5/h14H,2,8-12H2,1,3-7H3. The quantitative estimate of drug-likeness (QED) is 0.551. The minimum absolute atomic E-state index is 0.294. The highest BCUT2D eigenvalue weighted by Crippen LogP contribution is 2.37. The lowest BCUT2D eigenvalue weighted by Gasteiger charge is -2.38. The van der Waals surface area contributed by atoms with Crippen LogP contribution in [0.2, 0.25) is 18.1 Å². The highest BCUT2D eigenvalue weighted by Gasteiger charge is 2.38. The summed E-state index contributed by atoms with van der Waals surface area (Å²) in [4.78, 5) is 2.54. The third-order valence-electron chi connectivity index (χ3n) is 4.55. The first-order valence-corrected chi connectivity index (χ1v) is 10.2. The van der Waals surface area contributed by atoms with Crippen LogP contribution >= 0.6 is 0 Å². The minimum atomic E-state index is -1.62. The van der Waals surface area contributed by atoms with Crippen molar-refractivity contribution in [3.8, 4) is 0 Å². The Labute approximate surface area is 115 Å². The number of hydrogen-bond donors (Lipinski definition) is 0. The van der Waals surface area contributed by atoms with Gasteiger partial charge in [0.1, 0.15) is 0 Å². The van der Waals surface area contributed by atoms with Gasteiger partial charge >= 0.3 is 0 Å². The third kappa shape index (κ3) is 3.69. The molecule has 0 spiro atoms. The van der Waals surface area contributed by atoms with Gasteiger partial charge < -0.3 is 4.43 Å². The second kappa shape index (κ2) is 5.89. The zero-order valence-electron chi connectivity index (χ0n) is 13.2. The molecule has 1 aliphatic rings. The lowest BCUT2D eigenvalue weighted by atomic mass is 10.1. The van der Waals surface area contributed by atoms with Crippen molar-refractivity contribution in [1.82, 2.24) is 4.90 Å². The molecule has 1 heterocycles. The summed E-state index contributed by atoms with van der Waals surface area (Å²) in [7, 11) is -1.62. The van der Waals surface area contributed by atoms with Crippen molar-refractivity contribution < 1.29 is 4.43 Å². The van der Waals surface area contributed by atoms with Crippen molar-refractivity contribution in [1.29, 1.82) is 0 Å². The molecule has 0 aliphatic carbocycles. The molecule has 0 saturated carbocycles. The molecule has 1 aliphatic heterocycles. The summed E-state index contributed by atoms with van der Waals surface area (Å²) in [5.41, 5.74) is 1.36. The number of rotatable bonds is 5. The van der Waals surface area contributed by atoms with Crippen LogP contribution in [0.25, 0.3) is 0 Å². The maximum absolute atomic E-state index is 6.36. The summed E-state index contributed by atoms with van der Waals surface area (Å²) in [5.74, 6) is 0.